The van der Waals surface area contributed by atoms with Crippen molar-refractivity contribution in [3.8, 4) is 0 Å². The fourth-order valence-corrected chi connectivity index (χ4v) is 1.60. The van der Waals surface area contributed by atoms with Crippen LogP contribution in [0.4, 0.5) is 19.3 Å². The van der Waals surface area contributed by atoms with E-state index in [0.29, 0.717) is 12.5 Å². The van der Waals surface area contributed by atoms with Gasteiger partial charge in [0.1, 0.15) is 11.6 Å². The van der Waals surface area contributed by atoms with E-state index in [0.717, 1.165) is 12.1 Å². The van der Waals surface area contributed by atoms with Crippen molar-refractivity contribution >= 4 is 17.7 Å². The number of hydrogen-bond acceptors (Lipinski definition) is 2. The van der Waals surface area contributed by atoms with Crippen molar-refractivity contribution in [3.63, 3.8) is 0 Å². The number of urea groups is 1. The molecule has 1 aromatic carbocycles. The smallest absolute Gasteiger partial charge is 0.319 e. The molecule has 0 aromatic heterocycles. The van der Waals surface area contributed by atoms with E-state index in [-0.39, 0.29) is 24.6 Å². The Labute approximate surface area is 115 Å². The molecule has 5 nitrogen and oxygen atoms in total. The van der Waals surface area contributed by atoms with Gasteiger partial charge < -0.3 is 15.7 Å². The number of carbonyl (C=O) groups excluding carboxylic acids is 1. The van der Waals surface area contributed by atoms with Crippen LogP contribution in [0.25, 0.3) is 0 Å². The molecule has 0 radical (unpaired) electrons. The van der Waals surface area contributed by atoms with E-state index in [2.05, 4.69) is 10.6 Å². The average Bonchev–Trinajstić information content (AvgIpc) is 2.37. The lowest BCUT2D eigenvalue weighted by Gasteiger charge is -2.14. The van der Waals surface area contributed by atoms with Gasteiger partial charge in [0.15, 0.2) is 0 Å². The second-order valence-electron chi connectivity index (χ2n) is 4.33. The van der Waals surface area contributed by atoms with Crippen LogP contribution in [-0.4, -0.2) is 23.7 Å². The number of carbonyl (C=O) groups is 2. The van der Waals surface area contributed by atoms with Crippen molar-refractivity contribution in [1.29, 1.82) is 0 Å². The van der Waals surface area contributed by atoms with Crippen molar-refractivity contribution in [3.05, 3.63) is 29.8 Å². The lowest BCUT2D eigenvalue weighted by atomic mass is 10.0. The van der Waals surface area contributed by atoms with Gasteiger partial charge in [-0.25, -0.2) is 13.6 Å². The first-order valence-corrected chi connectivity index (χ1v) is 6.14. The molecule has 20 heavy (non-hydrogen) atoms. The summed E-state index contributed by atoms with van der Waals surface area (Å²) in [5.74, 6) is -2.75. The van der Waals surface area contributed by atoms with Crippen LogP contribution in [0.1, 0.15) is 19.8 Å². The number of aliphatic carboxylic acids is 1. The van der Waals surface area contributed by atoms with Crippen molar-refractivity contribution in [2.45, 2.75) is 19.8 Å². The maximum absolute atomic E-state index is 13.3. The second-order valence-corrected chi connectivity index (χ2v) is 4.33. The zero-order valence-corrected chi connectivity index (χ0v) is 11.0. The highest BCUT2D eigenvalue weighted by Crippen LogP contribution is 2.14. The van der Waals surface area contributed by atoms with Gasteiger partial charge in [0.25, 0.3) is 0 Å². The minimum absolute atomic E-state index is 0.0539. The van der Waals surface area contributed by atoms with E-state index < -0.39 is 23.6 Å². The first kappa shape index (κ1) is 15.9. The van der Waals surface area contributed by atoms with Crippen molar-refractivity contribution < 1.29 is 23.5 Å². The maximum Gasteiger partial charge on any atom is 0.319 e. The van der Waals surface area contributed by atoms with E-state index >= 15 is 0 Å². The first-order valence-electron chi connectivity index (χ1n) is 6.14. The highest BCUT2D eigenvalue weighted by atomic mass is 19.1. The van der Waals surface area contributed by atoms with Gasteiger partial charge in [-0.15, -0.1) is 0 Å². The number of halogens is 2. The Kier molecular flexibility index (Phi) is 5.89. The van der Waals surface area contributed by atoms with Crippen LogP contribution in [0.5, 0.6) is 0 Å². The Morgan fingerprint density at radius 3 is 2.60 bits per heavy atom. The Hall–Kier alpha value is -2.18. The number of anilines is 1. The number of carboxylic acids is 1. The lowest BCUT2D eigenvalue weighted by molar-refractivity contribution is -0.138. The molecule has 0 aliphatic heterocycles. The summed E-state index contributed by atoms with van der Waals surface area (Å²) in [6.45, 7) is 1.98. The van der Waals surface area contributed by atoms with Gasteiger partial charge in [0, 0.05) is 19.0 Å². The largest absolute Gasteiger partial charge is 0.481 e. The highest BCUT2D eigenvalue weighted by molar-refractivity contribution is 5.89. The molecule has 1 aromatic rings. The first-order chi connectivity index (χ1) is 9.42. The second kappa shape index (κ2) is 7.42. The molecule has 0 fully saturated rings. The topological polar surface area (TPSA) is 78.4 Å². The van der Waals surface area contributed by atoms with E-state index in [1.165, 1.54) is 0 Å². The summed E-state index contributed by atoms with van der Waals surface area (Å²) >= 11 is 0. The molecule has 7 heteroatoms. The summed E-state index contributed by atoms with van der Waals surface area (Å²) in [4.78, 5) is 22.1. The predicted octanol–water partition coefficient (Wildman–Crippen LogP) is 2.59. The normalized spacial score (nSPS) is 11.8. The van der Waals surface area contributed by atoms with Crippen LogP contribution < -0.4 is 10.6 Å². The van der Waals surface area contributed by atoms with Gasteiger partial charge in [-0.3, -0.25) is 4.79 Å². The third kappa shape index (κ3) is 5.21. The number of rotatable bonds is 6. The minimum Gasteiger partial charge on any atom is -0.481 e. The molecule has 0 saturated heterocycles. The number of benzene rings is 1. The van der Waals surface area contributed by atoms with Gasteiger partial charge in [0.05, 0.1) is 5.69 Å². The SMILES string of the molecule is CCC(CNC(=O)Nc1ccc(F)cc1F)CC(=O)O. The van der Waals surface area contributed by atoms with Gasteiger partial charge >= 0.3 is 12.0 Å². The van der Waals surface area contributed by atoms with Crippen LogP contribution in [0.2, 0.25) is 0 Å². The number of carboxylic acid groups (broad SMARTS) is 1. The minimum atomic E-state index is -0.941. The van der Waals surface area contributed by atoms with E-state index in [9.17, 15) is 18.4 Å². The lowest BCUT2D eigenvalue weighted by Crippen LogP contribution is -2.33. The summed E-state index contributed by atoms with van der Waals surface area (Å²) in [6.07, 6.45) is 0.541. The highest BCUT2D eigenvalue weighted by Gasteiger charge is 2.13. The molecular weight excluding hydrogens is 270 g/mol. The van der Waals surface area contributed by atoms with Gasteiger partial charge in [-0.1, -0.05) is 13.3 Å². The van der Waals surface area contributed by atoms with Gasteiger partial charge in [-0.2, -0.15) is 0 Å². The van der Waals surface area contributed by atoms with Crippen LogP contribution in [0.15, 0.2) is 18.2 Å². The molecular formula is C13H16F2N2O3. The summed E-state index contributed by atoms with van der Waals surface area (Å²) in [5.41, 5.74) is -0.143. The number of nitrogens with one attached hydrogen (secondary N) is 2. The Morgan fingerprint density at radius 1 is 1.35 bits per heavy atom. The number of amides is 2. The molecule has 0 aliphatic carbocycles. The molecule has 0 aliphatic rings. The molecule has 1 rings (SSSR count). The maximum atomic E-state index is 13.3. The summed E-state index contributed by atoms with van der Waals surface area (Å²) in [7, 11) is 0. The summed E-state index contributed by atoms with van der Waals surface area (Å²) in [5, 5.41) is 13.4. The quantitative estimate of drug-likeness (QED) is 0.752. The van der Waals surface area contributed by atoms with Crippen LogP contribution in [-0.2, 0) is 4.79 Å². The van der Waals surface area contributed by atoms with Gasteiger partial charge in [0.2, 0.25) is 0 Å². The third-order valence-electron chi connectivity index (χ3n) is 2.77. The van der Waals surface area contributed by atoms with E-state index in [1.54, 1.807) is 0 Å². The molecule has 0 spiro atoms. The Morgan fingerprint density at radius 2 is 2.05 bits per heavy atom. The van der Waals surface area contributed by atoms with Gasteiger partial charge in [-0.05, 0) is 18.1 Å². The number of hydrogen-bond donors (Lipinski definition) is 3. The molecule has 1 unspecified atom stereocenters. The average molecular weight is 286 g/mol. The van der Waals surface area contributed by atoms with E-state index in [4.69, 9.17) is 5.11 Å². The molecule has 2 amide bonds. The fourth-order valence-electron chi connectivity index (χ4n) is 1.60. The van der Waals surface area contributed by atoms with E-state index in [1.807, 2.05) is 6.92 Å². The molecule has 0 heterocycles. The van der Waals surface area contributed by atoms with Crippen LogP contribution in [0, 0.1) is 17.6 Å². The molecule has 1 atom stereocenters. The Balaban J connectivity index is 2.49. The van der Waals surface area contributed by atoms with Crippen molar-refractivity contribution in [2.24, 2.45) is 5.92 Å². The fraction of sp³-hybridized carbons (Fsp3) is 0.385. The molecule has 0 bridgehead atoms. The van der Waals surface area contributed by atoms with Crippen LogP contribution in [0.3, 0.4) is 0 Å². The predicted molar refractivity (Wildman–Crippen MR) is 69.4 cm³/mol. The van der Waals surface area contributed by atoms with Crippen LogP contribution >= 0.6 is 0 Å². The summed E-state index contributed by atoms with van der Waals surface area (Å²) in [6, 6.07) is 2.13. The van der Waals surface area contributed by atoms with Crippen molar-refractivity contribution in [2.75, 3.05) is 11.9 Å². The Bertz CT molecular complexity index is 495. The molecule has 0 saturated carbocycles. The summed E-state index contributed by atoms with van der Waals surface area (Å²) < 4.78 is 26.0. The third-order valence-corrected chi connectivity index (χ3v) is 2.77. The standard InChI is InChI=1S/C13H16F2N2O3/c1-2-8(5-12(18)19)7-16-13(20)17-11-4-3-9(14)6-10(11)15/h3-4,6,8H,2,5,7H2,1H3,(H,18,19)(H2,16,17,20). The van der Waals surface area contributed by atoms with Crippen molar-refractivity contribution in [1.82, 2.24) is 5.32 Å². The monoisotopic (exact) mass is 286 g/mol. The molecule has 3 N–H and O–H groups in total. The zero-order chi connectivity index (χ0) is 15.1. The molecule has 110 valence electrons. The zero-order valence-electron chi connectivity index (χ0n) is 11.0.